The summed E-state index contributed by atoms with van der Waals surface area (Å²) in [5.74, 6) is -0.324. The number of fused-ring (bicyclic) bond motifs is 1. The summed E-state index contributed by atoms with van der Waals surface area (Å²) in [5, 5.41) is 3.62. The van der Waals surface area contributed by atoms with Crippen LogP contribution >= 0.6 is 0 Å². The molecule has 0 heterocycles. The van der Waals surface area contributed by atoms with Crippen LogP contribution in [0.4, 0.5) is 5.69 Å². The Morgan fingerprint density at radius 3 is 2.30 bits per heavy atom. The summed E-state index contributed by atoms with van der Waals surface area (Å²) in [6.45, 7) is 1.36. The van der Waals surface area contributed by atoms with Crippen LogP contribution in [-0.2, 0) is 15.2 Å². The summed E-state index contributed by atoms with van der Waals surface area (Å²) >= 11 is 0. The number of hydrogen-bond acceptors (Lipinski definition) is 5. The smallest absolute Gasteiger partial charge is 0.716 e. The molecule has 0 unspecified atom stereocenters. The van der Waals surface area contributed by atoms with Gasteiger partial charge in [-0.05, 0) is 12.1 Å². The Bertz CT molecular complexity index is 745. The van der Waals surface area contributed by atoms with Gasteiger partial charge in [-0.2, -0.15) is 0 Å². The first-order valence-corrected chi connectivity index (χ1v) is 6.65. The van der Waals surface area contributed by atoms with Gasteiger partial charge in [0.1, 0.15) is 5.75 Å². The fraction of sp³-hybridized carbons (Fsp3) is 0.0833. The SMILES string of the molecule is CC(=O)Nc1ccc(OS(=O)(=O)[O-])c2ccccc12.[K+]. The van der Waals surface area contributed by atoms with Gasteiger partial charge in [0.25, 0.3) is 10.4 Å². The minimum Gasteiger partial charge on any atom is -0.716 e. The van der Waals surface area contributed by atoms with E-state index in [-0.39, 0.29) is 63.0 Å². The quantitative estimate of drug-likeness (QED) is 0.428. The van der Waals surface area contributed by atoms with E-state index in [1.54, 1.807) is 24.3 Å². The molecule has 0 fully saturated rings. The van der Waals surface area contributed by atoms with Gasteiger partial charge in [-0.3, -0.25) is 4.79 Å². The van der Waals surface area contributed by atoms with Gasteiger partial charge in [-0.1, -0.05) is 24.3 Å². The maximum atomic E-state index is 11.1. The third kappa shape index (κ3) is 4.52. The zero-order valence-electron chi connectivity index (χ0n) is 10.9. The van der Waals surface area contributed by atoms with E-state index in [9.17, 15) is 17.8 Å². The first kappa shape index (κ1) is 17.6. The monoisotopic (exact) mass is 319 g/mol. The Hall–Kier alpha value is -0.484. The van der Waals surface area contributed by atoms with Crippen LogP contribution in [0.15, 0.2) is 36.4 Å². The summed E-state index contributed by atoms with van der Waals surface area (Å²) in [6, 6.07) is 9.48. The first-order valence-electron chi connectivity index (χ1n) is 5.31. The largest absolute Gasteiger partial charge is 1.00 e. The summed E-state index contributed by atoms with van der Waals surface area (Å²) in [7, 11) is -4.84. The van der Waals surface area contributed by atoms with Gasteiger partial charge < -0.3 is 14.1 Å². The topological polar surface area (TPSA) is 95.5 Å². The molecule has 0 aliphatic rings. The van der Waals surface area contributed by atoms with Crippen molar-refractivity contribution in [3.8, 4) is 5.75 Å². The second-order valence-corrected chi connectivity index (χ2v) is 4.81. The van der Waals surface area contributed by atoms with Gasteiger partial charge in [-0.25, -0.2) is 8.42 Å². The van der Waals surface area contributed by atoms with E-state index < -0.39 is 10.4 Å². The molecule has 0 aliphatic heterocycles. The molecular formula is C12H10KNO5S. The molecule has 1 amide bonds. The van der Waals surface area contributed by atoms with Crippen LogP contribution in [0.3, 0.4) is 0 Å². The molecule has 0 aliphatic carbocycles. The van der Waals surface area contributed by atoms with Gasteiger partial charge in [0.15, 0.2) is 0 Å². The van der Waals surface area contributed by atoms with Crippen molar-refractivity contribution >= 4 is 32.8 Å². The number of rotatable bonds is 3. The van der Waals surface area contributed by atoms with Crippen LogP contribution < -0.4 is 60.9 Å². The maximum absolute atomic E-state index is 11.1. The standard InChI is InChI=1S/C12H11NO5S.K/c1-8(14)13-11-6-7-12(18-19(15,16)17)10-5-3-2-4-9(10)11;/h2-7H,1H3,(H,13,14)(H,15,16,17);/q;+1/p-1. The molecule has 0 saturated carbocycles. The van der Waals surface area contributed by atoms with Crippen molar-refractivity contribution in [2.75, 3.05) is 5.32 Å². The minimum atomic E-state index is -4.84. The minimum absolute atomic E-state index is 0. The van der Waals surface area contributed by atoms with E-state index in [1.807, 2.05) is 0 Å². The summed E-state index contributed by atoms with van der Waals surface area (Å²) in [6.07, 6.45) is 0. The molecule has 2 rings (SSSR count). The molecule has 100 valence electrons. The third-order valence-corrected chi connectivity index (χ3v) is 2.77. The van der Waals surface area contributed by atoms with E-state index in [2.05, 4.69) is 9.50 Å². The summed E-state index contributed by atoms with van der Waals surface area (Å²) < 4.78 is 36.4. The Kier molecular flexibility index (Phi) is 6.14. The van der Waals surface area contributed by atoms with E-state index in [4.69, 9.17) is 0 Å². The van der Waals surface area contributed by atoms with E-state index in [0.29, 0.717) is 16.5 Å². The number of benzene rings is 2. The van der Waals surface area contributed by atoms with Crippen LogP contribution in [0.2, 0.25) is 0 Å². The molecule has 6 nitrogen and oxygen atoms in total. The first-order chi connectivity index (χ1) is 8.87. The molecule has 1 N–H and O–H groups in total. The zero-order chi connectivity index (χ0) is 14.0. The average Bonchev–Trinajstić information content (AvgIpc) is 2.30. The van der Waals surface area contributed by atoms with Crippen molar-refractivity contribution in [3.63, 3.8) is 0 Å². The van der Waals surface area contributed by atoms with Gasteiger partial charge in [0, 0.05) is 23.4 Å². The molecule has 0 aromatic heterocycles. The molecule has 0 saturated heterocycles. The van der Waals surface area contributed by atoms with Gasteiger partial charge in [0.2, 0.25) is 5.91 Å². The Morgan fingerprint density at radius 2 is 1.75 bits per heavy atom. The molecule has 2 aromatic carbocycles. The average molecular weight is 319 g/mol. The van der Waals surface area contributed by atoms with Gasteiger partial charge >= 0.3 is 51.4 Å². The number of amides is 1. The molecule has 0 bridgehead atoms. The molecular weight excluding hydrogens is 309 g/mol. The zero-order valence-corrected chi connectivity index (χ0v) is 14.9. The van der Waals surface area contributed by atoms with Crippen LogP contribution in [0.25, 0.3) is 10.8 Å². The van der Waals surface area contributed by atoms with Crippen LogP contribution in [0.1, 0.15) is 6.92 Å². The Balaban J connectivity index is 0.00000200. The molecule has 0 radical (unpaired) electrons. The van der Waals surface area contributed by atoms with E-state index >= 15 is 0 Å². The Morgan fingerprint density at radius 1 is 1.15 bits per heavy atom. The molecule has 2 aromatic rings. The Labute approximate surface area is 158 Å². The second-order valence-electron chi connectivity index (χ2n) is 3.83. The fourth-order valence-electron chi connectivity index (χ4n) is 1.75. The normalized spacial score (nSPS) is 10.7. The van der Waals surface area contributed by atoms with Crippen molar-refractivity contribution < 1.29 is 73.3 Å². The predicted molar refractivity (Wildman–Crippen MR) is 68.6 cm³/mol. The number of hydrogen-bond donors (Lipinski definition) is 1. The number of anilines is 1. The van der Waals surface area contributed by atoms with Crippen molar-refractivity contribution in [1.82, 2.24) is 0 Å². The number of carbonyl (C=O) groups excluding carboxylic acids is 1. The van der Waals surface area contributed by atoms with Crippen molar-refractivity contribution in [3.05, 3.63) is 36.4 Å². The van der Waals surface area contributed by atoms with Crippen molar-refractivity contribution in [2.24, 2.45) is 0 Å². The third-order valence-electron chi connectivity index (χ3n) is 2.39. The number of nitrogens with one attached hydrogen (secondary N) is 1. The van der Waals surface area contributed by atoms with Crippen LogP contribution in [0.5, 0.6) is 5.75 Å². The van der Waals surface area contributed by atoms with Gasteiger partial charge in [-0.15, -0.1) is 0 Å². The summed E-state index contributed by atoms with van der Waals surface area (Å²) in [4.78, 5) is 11.1. The van der Waals surface area contributed by atoms with Crippen LogP contribution in [-0.4, -0.2) is 18.9 Å². The maximum Gasteiger partial charge on any atom is 1.00 e. The second kappa shape index (κ2) is 6.99. The predicted octanol–water partition coefficient (Wildman–Crippen LogP) is -1.36. The van der Waals surface area contributed by atoms with Crippen molar-refractivity contribution in [1.29, 1.82) is 0 Å². The van der Waals surface area contributed by atoms with Gasteiger partial charge in [0.05, 0.1) is 0 Å². The fourth-order valence-corrected chi connectivity index (χ4v) is 2.12. The van der Waals surface area contributed by atoms with Crippen LogP contribution in [0, 0.1) is 0 Å². The molecule has 0 atom stereocenters. The number of carbonyl (C=O) groups is 1. The molecule has 8 heteroatoms. The van der Waals surface area contributed by atoms with Crippen molar-refractivity contribution in [2.45, 2.75) is 6.92 Å². The molecule has 20 heavy (non-hydrogen) atoms. The summed E-state index contributed by atoms with van der Waals surface area (Å²) in [5.41, 5.74) is 0.513. The van der Waals surface area contributed by atoms with E-state index in [1.165, 1.54) is 19.1 Å². The molecule has 0 spiro atoms. The van der Waals surface area contributed by atoms with E-state index in [0.717, 1.165) is 0 Å².